The Bertz CT molecular complexity index is 845. The van der Waals surface area contributed by atoms with E-state index in [9.17, 15) is 4.39 Å². The van der Waals surface area contributed by atoms with E-state index in [0.29, 0.717) is 15.3 Å². The average Bonchev–Trinajstić information content (AvgIpc) is 2.80. The molecule has 0 saturated carbocycles. The van der Waals surface area contributed by atoms with Crippen LogP contribution in [0.2, 0.25) is 5.02 Å². The zero-order valence-electron chi connectivity index (χ0n) is 11.0. The molecule has 0 aliphatic heterocycles. The number of halogens is 4. The van der Waals surface area contributed by atoms with E-state index in [2.05, 4.69) is 20.9 Å². The molecule has 3 rings (SSSR count). The van der Waals surface area contributed by atoms with Gasteiger partial charge >= 0.3 is 0 Å². The van der Waals surface area contributed by atoms with Gasteiger partial charge in [0.15, 0.2) is 0 Å². The predicted molar refractivity (Wildman–Crippen MR) is 88.0 cm³/mol. The maximum absolute atomic E-state index is 13.6. The number of nitrogens with zero attached hydrogens (tertiary/aromatic N) is 2. The highest BCUT2D eigenvalue weighted by Crippen LogP contribution is 2.29. The number of rotatable bonds is 2. The van der Waals surface area contributed by atoms with E-state index < -0.39 is 0 Å². The molecule has 0 radical (unpaired) electrons. The van der Waals surface area contributed by atoms with Crippen molar-refractivity contribution in [3.8, 4) is 5.69 Å². The van der Waals surface area contributed by atoms with E-state index >= 15 is 0 Å². The van der Waals surface area contributed by atoms with Crippen LogP contribution in [0.1, 0.15) is 11.4 Å². The van der Waals surface area contributed by atoms with Gasteiger partial charge in [0.1, 0.15) is 11.6 Å². The van der Waals surface area contributed by atoms with E-state index in [4.69, 9.17) is 23.2 Å². The number of aryl methyl sites for hydroxylation is 1. The van der Waals surface area contributed by atoms with Crippen LogP contribution in [0.25, 0.3) is 16.7 Å². The molecule has 0 amide bonds. The second-order valence-electron chi connectivity index (χ2n) is 4.68. The fourth-order valence-corrected chi connectivity index (χ4v) is 3.02. The molecule has 3 aromatic rings. The lowest BCUT2D eigenvalue weighted by Crippen LogP contribution is -2.02. The summed E-state index contributed by atoms with van der Waals surface area (Å²) >= 11 is 15.2. The van der Waals surface area contributed by atoms with Crippen LogP contribution in [0.3, 0.4) is 0 Å². The summed E-state index contributed by atoms with van der Waals surface area (Å²) in [5.74, 6) is 0.646. The van der Waals surface area contributed by atoms with Gasteiger partial charge in [-0.15, -0.1) is 11.6 Å². The molecule has 0 atom stereocenters. The normalized spacial score (nSPS) is 11.3. The highest BCUT2D eigenvalue weighted by atomic mass is 79.9. The highest BCUT2D eigenvalue weighted by Gasteiger charge is 2.15. The van der Waals surface area contributed by atoms with E-state index in [1.165, 1.54) is 6.07 Å². The fraction of sp³-hybridized carbons (Fsp3) is 0.133. The van der Waals surface area contributed by atoms with Gasteiger partial charge in [0.2, 0.25) is 0 Å². The van der Waals surface area contributed by atoms with Gasteiger partial charge in [0, 0.05) is 5.02 Å². The quantitative estimate of drug-likeness (QED) is 0.521. The van der Waals surface area contributed by atoms with Crippen LogP contribution in [-0.2, 0) is 5.88 Å². The maximum atomic E-state index is 13.6. The lowest BCUT2D eigenvalue weighted by molar-refractivity contribution is 0.619. The Morgan fingerprint density at radius 1 is 1.29 bits per heavy atom. The number of benzene rings is 2. The maximum Gasteiger partial charge on any atom is 0.137 e. The van der Waals surface area contributed by atoms with Gasteiger partial charge in [-0.05, 0) is 58.7 Å². The van der Waals surface area contributed by atoms with Gasteiger partial charge in [-0.1, -0.05) is 11.6 Å². The minimum Gasteiger partial charge on any atom is -0.295 e. The van der Waals surface area contributed by atoms with Crippen LogP contribution < -0.4 is 0 Å². The molecule has 108 valence electrons. The first-order chi connectivity index (χ1) is 10.0. The molecule has 0 unspecified atom stereocenters. The molecule has 2 aromatic carbocycles. The van der Waals surface area contributed by atoms with Crippen LogP contribution in [0.4, 0.5) is 4.39 Å². The number of fused-ring (bicyclic) bond motifs is 1. The van der Waals surface area contributed by atoms with Crippen LogP contribution in [0, 0.1) is 12.7 Å². The Hall–Kier alpha value is -1.10. The number of imidazole rings is 1. The third-order valence-corrected chi connectivity index (χ3v) is 4.37. The minimum absolute atomic E-state index is 0.251. The van der Waals surface area contributed by atoms with Crippen molar-refractivity contribution in [2.75, 3.05) is 0 Å². The molecule has 0 N–H and O–H groups in total. The second kappa shape index (κ2) is 5.59. The number of hydrogen-bond donors (Lipinski definition) is 0. The topological polar surface area (TPSA) is 17.8 Å². The van der Waals surface area contributed by atoms with Gasteiger partial charge in [-0.25, -0.2) is 9.37 Å². The number of aromatic nitrogens is 2. The summed E-state index contributed by atoms with van der Waals surface area (Å²) < 4.78 is 16.0. The van der Waals surface area contributed by atoms with Crippen molar-refractivity contribution in [3.63, 3.8) is 0 Å². The molecule has 0 spiro atoms. The third-order valence-electron chi connectivity index (χ3n) is 3.29. The molecule has 1 aromatic heterocycles. The summed E-state index contributed by atoms with van der Waals surface area (Å²) in [6, 6.07) is 8.69. The van der Waals surface area contributed by atoms with Crippen molar-refractivity contribution in [2.24, 2.45) is 0 Å². The molecule has 0 fully saturated rings. The summed E-state index contributed by atoms with van der Waals surface area (Å²) in [6.07, 6.45) is 0. The second-order valence-corrected chi connectivity index (χ2v) is 6.24. The SMILES string of the molecule is Cc1cc(F)c(Br)cc1-n1c(CCl)nc2cc(Cl)ccc21. The predicted octanol–water partition coefficient (Wildman–Crippen LogP) is 5.63. The molecule has 2 nitrogen and oxygen atoms in total. The zero-order chi connectivity index (χ0) is 15.1. The molecule has 6 heteroatoms. The Balaban J connectivity index is 2.36. The molecule has 0 bridgehead atoms. The standard InChI is InChI=1S/C15H10BrCl2FN2/c1-8-4-11(19)10(16)6-14(8)21-13-3-2-9(18)5-12(13)20-15(21)7-17/h2-6H,7H2,1H3. The zero-order valence-corrected chi connectivity index (χ0v) is 14.1. The van der Waals surface area contributed by atoms with Crippen LogP contribution in [0.15, 0.2) is 34.8 Å². The molecule has 21 heavy (non-hydrogen) atoms. The Labute approximate surface area is 139 Å². The summed E-state index contributed by atoms with van der Waals surface area (Å²) in [4.78, 5) is 4.50. The largest absolute Gasteiger partial charge is 0.295 e. The van der Waals surface area contributed by atoms with Gasteiger partial charge in [0.05, 0.1) is 27.1 Å². The summed E-state index contributed by atoms with van der Waals surface area (Å²) in [7, 11) is 0. The van der Waals surface area contributed by atoms with E-state index in [0.717, 1.165) is 22.3 Å². The smallest absolute Gasteiger partial charge is 0.137 e. The van der Waals surface area contributed by atoms with Crippen LogP contribution >= 0.6 is 39.1 Å². The summed E-state index contributed by atoms with van der Waals surface area (Å²) in [6.45, 7) is 1.85. The molecule has 1 heterocycles. The first-order valence-corrected chi connectivity index (χ1v) is 7.90. The van der Waals surface area contributed by atoms with E-state index in [1.807, 2.05) is 17.6 Å². The number of alkyl halides is 1. The lowest BCUT2D eigenvalue weighted by atomic mass is 10.2. The summed E-state index contributed by atoms with van der Waals surface area (Å²) in [5.41, 5.74) is 3.29. The molecular weight excluding hydrogens is 378 g/mol. The van der Waals surface area contributed by atoms with E-state index in [1.54, 1.807) is 18.2 Å². The molecular formula is C15H10BrCl2FN2. The van der Waals surface area contributed by atoms with E-state index in [-0.39, 0.29) is 11.7 Å². The first-order valence-electron chi connectivity index (χ1n) is 6.20. The van der Waals surface area contributed by atoms with Crippen molar-refractivity contribution in [1.82, 2.24) is 9.55 Å². The van der Waals surface area contributed by atoms with Crippen molar-refractivity contribution >= 4 is 50.2 Å². The van der Waals surface area contributed by atoms with Crippen molar-refractivity contribution < 1.29 is 4.39 Å². The highest BCUT2D eigenvalue weighted by molar-refractivity contribution is 9.10. The first kappa shape index (κ1) is 14.8. The van der Waals surface area contributed by atoms with Crippen molar-refractivity contribution in [2.45, 2.75) is 12.8 Å². The Morgan fingerprint density at radius 3 is 2.76 bits per heavy atom. The fourth-order valence-electron chi connectivity index (χ4n) is 2.34. The average molecular weight is 388 g/mol. The Morgan fingerprint density at radius 2 is 2.05 bits per heavy atom. The van der Waals surface area contributed by atoms with Gasteiger partial charge in [0.25, 0.3) is 0 Å². The van der Waals surface area contributed by atoms with Crippen molar-refractivity contribution in [3.05, 3.63) is 57.0 Å². The van der Waals surface area contributed by atoms with Crippen LogP contribution in [-0.4, -0.2) is 9.55 Å². The Kier molecular flexibility index (Phi) is 3.95. The van der Waals surface area contributed by atoms with Crippen molar-refractivity contribution in [1.29, 1.82) is 0 Å². The van der Waals surface area contributed by atoms with Gasteiger partial charge in [-0.3, -0.25) is 4.57 Å². The molecule has 0 saturated heterocycles. The van der Waals surface area contributed by atoms with Crippen LogP contribution in [0.5, 0.6) is 0 Å². The molecule has 0 aliphatic carbocycles. The lowest BCUT2D eigenvalue weighted by Gasteiger charge is -2.12. The third kappa shape index (κ3) is 2.56. The van der Waals surface area contributed by atoms with Gasteiger partial charge in [-0.2, -0.15) is 0 Å². The monoisotopic (exact) mass is 386 g/mol. The number of hydrogen-bond acceptors (Lipinski definition) is 1. The minimum atomic E-state index is -0.295. The van der Waals surface area contributed by atoms with Gasteiger partial charge < -0.3 is 0 Å². The molecule has 0 aliphatic rings. The summed E-state index contributed by atoms with van der Waals surface area (Å²) in [5, 5.41) is 0.616.